The molecular weight excluding hydrogens is 366 g/mol. The number of carbonyl (C=O) groups is 2. The van der Waals surface area contributed by atoms with E-state index in [9.17, 15) is 9.59 Å². The van der Waals surface area contributed by atoms with Crippen LogP contribution in [0.25, 0.3) is 5.57 Å². The van der Waals surface area contributed by atoms with Crippen LogP contribution in [0, 0.1) is 0 Å². The second kappa shape index (κ2) is 8.57. The van der Waals surface area contributed by atoms with Crippen molar-refractivity contribution in [1.82, 2.24) is 14.7 Å². The highest BCUT2D eigenvalue weighted by molar-refractivity contribution is 6.35. The molecule has 2 fully saturated rings. The molecule has 2 amide bonds. The Morgan fingerprint density at radius 1 is 0.931 bits per heavy atom. The smallest absolute Gasteiger partial charge is 0.278 e. The highest BCUT2D eigenvalue weighted by atomic mass is 16.5. The summed E-state index contributed by atoms with van der Waals surface area (Å²) >= 11 is 0. The Morgan fingerprint density at radius 2 is 1.59 bits per heavy atom. The van der Waals surface area contributed by atoms with E-state index in [1.165, 1.54) is 6.42 Å². The van der Waals surface area contributed by atoms with Gasteiger partial charge in [0.2, 0.25) is 0 Å². The third kappa shape index (κ3) is 3.90. The van der Waals surface area contributed by atoms with Crippen molar-refractivity contribution in [3.8, 4) is 5.75 Å². The molecular formula is C23H31N3O3. The molecule has 29 heavy (non-hydrogen) atoms. The van der Waals surface area contributed by atoms with E-state index in [1.807, 2.05) is 31.2 Å². The van der Waals surface area contributed by atoms with Crippen molar-refractivity contribution in [2.24, 2.45) is 0 Å². The molecule has 4 rings (SSSR count). The molecule has 1 aliphatic carbocycles. The number of piperazine rings is 1. The molecule has 1 aromatic rings. The summed E-state index contributed by atoms with van der Waals surface area (Å²) in [5.74, 6) is 0.550. The maximum Gasteiger partial charge on any atom is 0.278 e. The Morgan fingerprint density at radius 3 is 2.21 bits per heavy atom. The molecule has 1 aromatic carbocycles. The average Bonchev–Trinajstić information content (AvgIpc) is 3.00. The minimum atomic E-state index is -0.125. The van der Waals surface area contributed by atoms with Crippen LogP contribution in [0.1, 0.15) is 44.6 Å². The molecule has 6 heteroatoms. The summed E-state index contributed by atoms with van der Waals surface area (Å²) in [6.45, 7) is 5.87. The van der Waals surface area contributed by atoms with Crippen molar-refractivity contribution < 1.29 is 14.3 Å². The standard InChI is InChI=1S/C23H31N3O3/c1-3-29-19-11-9-17(10-12-19)20-21(25-15-13-24(2)14-16-25)23(28)26(22(20)27)18-7-5-4-6-8-18/h9-12,18H,3-8,13-16H2,1-2H3. The molecule has 0 radical (unpaired) electrons. The first-order valence-electron chi connectivity index (χ1n) is 10.9. The third-order valence-corrected chi connectivity index (χ3v) is 6.30. The Hall–Kier alpha value is -2.34. The van der Waals surface area contributed by atoms with E-state index in [4.69, 9.17) is 4.74 Å². The van der Waals surface area contributed by atoms with Crippen molar-refractivity contribution in [3.63, 3.8) is 0 Å². The van der Waals surface area contributed by atoms with Gasteiger partial charge in [-0.2, -0.15) is 0 Å². The van der Waals surface area contributed by atoms with Crippen molar-refractivity contribution in [1.29, 1.82) is 0 Å². The zero-order valence-corrected chi connectivity index (χ0v) is 17.5. The highest BCUT2D eigenvalue weighted by Gasteiger charge is 2.45. The molecule has 1 saturated heterocycles. The van der Waals surface area contributed by atoms with Crippen LogP contribution in [0.3, 0.4) is 0 Å². The van der Waals surface area contributed by atoms with Gasteiger partial charge >= 0.3 is 0 Å². The Labute approximate surface area is 173 Å². The van der Waals surface area contributed by atoms with Crippen LogP contribution in [-0.4, -0.2) is 72.4 Å². The van der Waals surface area contributed by atoms with E-state index < -0.39 is 0 Å². The molecule has 6 nitrogen and oxygen atoms in total. The van der Waals surface area contributed by atoms with Crippen LogP contribution < -0.4 is 4.74 Å². The van der Waals surface area contributed by atoms with Gasteiger partial charge in [-0.3, -0.25) is 14.5 Å². The summed E-state index contributed by atoms with van der Waals surface area (Å²) in [4.78, 5) is 33.0. The number of hydrogen-bond acceptors (Lipinski definition) is 5. The predicted molar refractivity (Wildman–Crippen MR) is 112 cm³/mol. The Kier molecular flexibility index (Phi) is 5.90. The van der Waals surface area contributed by atoms with E-state index in [0.29, 0.717) is 17.9 Å². The number of rotatable bonds is 5. The number of imide groups is 1. The van der Waals surface area contributed by atoms with Crippen LogP contribution in [0.5, 0.6) is 5.75 Å². The van der Waals surface area contributed by atoms with Gasteiger partial charge < -0.3 is 14.5 Å². The van der Waals surface area contributed by atoms with Crippen molar-refractivity contribution in [2.75, 3.05) is 39.8 Å². The van der Waals surface area contributed by atoms with E-state index in [-0.39, 0.29) is 17.9 Å². The third-order valence-electron chi connectivity index (χ3n) is 6.30. The van der Waals surface area contributed by atoms with Gasteiger partial charge in [0.25, 0.3) is 11.8 Å². The largest absolute Gasteiger partial charge is 0.494 e. The number of carbonyl (C=O) groups excluding carboxylic acids is 2. The molecule has 2 aliphatic heterocycles. The zero-order chi connectivity index (χ0) is 20.4. The fraction of sp³-hybridized carbons (Fsp3) is 0.565. The number of nitrogens with zero attached hydrogens (tertiary/aromatic N) is 3. The van der Waals surface area contributed by atoms with Gasteiger partial charge in [0.15, 0.2) is 0 Å². The number of benzene rings is 1. The summed E-state index contributed by atoms with van der Waals surface area (Å²) in [5, 5.41) is 0. The molecule has 0 N–H and O–H groups in total. The van der Waals surface area contributed by atoms with Crippen molar-refractivity contribution >= 4 is 17.4 Å². The molecule has 0 bridgehead atoms. The van der Waals surface area contributed by atoms with Gasteiger partial charge in [-0.1, -0.05) is 31.4 Å². The molecule has 2 heterocycles. The van der Waals surface area contributed by atoms with Gasteiger partial charge in [-0.05, 0) is 44.5 Å². The maximum absolute atomic E-state index is 13.5. The van der Waals surface area contributed by atoms with E-state index >= 15 is 0 Å². The van der Waals surface area contributed by atoms with E-state index in [0.717, 1.165) is 63.2 Å². The number of amides is 2. The molecule has 1 saturated carbocycles. The monoisotopic (exact) mass is 397 g/mol. The van der Waals surface area contributed by atoms with Crippen LogP contribution in [-0.2, 0) is 9.59 Å². The molecule has 0 unspecified atom stereocenters. The summed E-state index contributed by atoms with van der Waals surface area (Å²) in [6.07, 6.45) is 5.21. The minimum Gasteiger partial charge on any atom is -0.494 e. The maximum atomic E-state index is 13.5. The van der Waals surface area contributed by atoms with E-state index in [1.54, 1.807) is 4.90 Å². The Bertz CT molecular complexity index is 788. The van der Waals surface area contributed by atoms with Gasteiger partial charge in [0.1, 0.15) is 11.4 Å². The topological polar surface area (TPSA) is 53.1 Å². The van der Waals surface area contributed by atoms with Gasteiger partial charge in [0, 0.05) is 32.2 Å². The highest BCUT2D eigenvalue weighted by Crippen LogP contribution is 2.36. The van der Waals surface area contributed by atoms with E-state index in [2.05, 4.69) is 16.8 Å². The normalized spacial score (nSPS) is 22.0. The summed E-state index contributed by atoms with van der Waals surface area (Å²) in [5.41, 5.74) is 1.96. The van der Waals surface area contributed by atoms with Gasteiger partial charge in [-0.25, -0.2) is 0 Å². The number of likely N-dealkylation sites (N-methyl/N-ethyl adjacent to an activating group) is 1. The fourth-order valence-corrected chi connectivity index (χ4v) is 4.67. The number of hydrogen-bond donors (Lipinski definition) is 0. The molecule has 0 atom stereocenters. The van der Waals surface area contributed by atoms with Crippen molar-refractivity contribution in [2.45, 2.75) is 45.1 Å². The first kappa shape index (κ1) is 20.0. The lowest BCUT2D eigenvalue weighted by molar-refractivity contribution is -0.141. The molecule has 0 aromatic heterocycles. The summed E-state index contributed by atoms with van der Waals surface area (Å²) in [7, 11) is 2.09. The van der Waals surface area contributed by atoms with Crippen LogP contribution >= 0.6 is 0 Å². The molecule has 0 spiro atoms. The van der Waals surface area contributed by atoms with Gasteiger partial charge in [-0.15, -0.1) is 0 Å². The van der Waals surface area contributed by atoms with Gasteiger partial charge in [0.05, 0.1) is 12.2 Å². The second-order valence-electron chi connectivity index (χ2n) is 8.24. The summed E-state index contributed by atoms with van der Waals surface area (Å²) < 4.78 is 5.55. The lowest BCUT2D eigenvalue weighted by Crippen LogP contribution is -2.47. The lowest BCUT2D eigenvalue weighted by atomic mass is 9.94. The predicted octanol–water partition coefficient (Wildman–Crippen LogP) is 2.75. The average molecular weight is 398 g/mol. The number of ether oxygens (including phenoxy) is 1. The molecule has 3 aliphatic rings. The quantitative estimate of drug-likeness (QED) is 0.715. The lowest BCUT2D eigenvalue weighted by Gasteiger charge is -2.35. The van der Waals surface area contributed by atoms with Crippen LogP contribution in [0.2, 0.25) is 0 Å². The molecule has 156 valence electrons. The SMILES string of the molecule is CCOc1ccc(C2=C(N3CCN(C)CC3)C(=O)N(C3CCCCC3)C2=O)cc1. The van der Waals surface area contributed by atoms with Crippen LogP contribution in [0.15, 0.2) is 30.0 Å². The first-order chi connectivity index (χ1) is 14.1. The second-order valence-corrected chi connectivity index (χ2v) is 8.24. The first-order valence-corrected chi connectivity index (χ1v) is 10.9. The fourth-order valence-electron chi connectivity index (χ4n) is 4.67. The zero-order valence-electron chi connectivity index (χ0n) is 17.5. The van der Waals surface area contributed by atoms with Crippen LogP contribution in [0.4, 0.5) is 0 Å². The summed E-state index contributed by atoms with van der Waals surface area (Å²) in [6, 6.07) is 7.62. The minimum absolute atomic E-state index is 0.0337. The van der Waals surface area contributed by atoms with Crippen molar-refractivity contribution in [3.05, 3.63) is 35.5 Å². The Balaban J connectivity index is 1.70.